The number of phenolic OH excluding ortho intramolecular Hbond substituents is 1. The van der Waals surface area contributed by atoms with Gasteiger partial charge in [0.25, 0.3) is 10.1 Å². The number of hydrogen-bond acceptors (Lipinski definition) is 4. The molecule has 0 aliphatic rings. The summed E-state index contributed by atoms with van der Waals surface area (Å²) in [5, 5.41) is 9.03. The molecule has 1 aromatic rings. The lowest BCUT2D eigenvalue weighted by atomic mass is 10.3. The molecule has 4 nitrogen and oxygen atoms in total. The van der Waals surface area contributed by atoms with E-state index in [4.69, 9.17) is 9.29 Å². The summed E-state index contributed by atoms with van der Waals surface area (Å²) in [7, 11) is -3.67. The first-order valence-electron chi connectivity index (χ1n) is 5.24. The van der Waals surface area contributed by atoms with Gasteiger partial charge in [0.1, 0.15) is 5.75 Å². The second kappa shape index (κ2) is 5.86. The van der Waals surface area contributed by atoms with Crippen LogP contribution >= 0.6 is 0 Å². The van der Waals surface area contributed by atoms with Gasteiger partial charge in [0.15, 0.2) is 0 Å². The topological polar surface area (TPSA) is 63.6 Å². The van der Waals surface area contributed by atoms with E-state index in [2.05, 4.69) is 0 Å². The summed E-state index contributed by atoms with van der Waals surface area (Å²) >= 11 is 0. The smallest absolute Gasteiger partial charge is 0.296 e. The quantitative estimate of drug-likeness (QED) is 0.616. The lowest BCUT2D eigenvalue weighted by Gasteiger charge is -2.05. The summed E-state index contributed by atoms with van der Waals surface area (Å²) in [6.07, 6.45) is 2.70. The lowest BCUT2D eigenvalue weighted by molar-refractivity contribution is 0.308. The van der Waals surface area contributed by atoms with Crippen molar-refractivity contribution in [2.24, 2.45) is 0 Å². The Balaban J connectivity index is 2.60. The summed E-state index contributed by atoms with van der Waals surface area (Å²) in [5.41, 5.74) is 0. The highest BCUT2D eigenvalue weighted by atomic mass is 32.2. The van der Waals surface area contributed by atoms with Crippen molar-refractivity contribution in [3.05, 3.63) is 24.3 Å². The average molecular weight is 244 g/mol. The van der Waals surface area contributed by atoms with E-state index in [-0.39, 0.29) is 17.3 Å². The van der Waals surface area contributed by atoms with Crippen LogP contribution in [0.15, 0.2) is 29.2 Å². The van der Waals surface area contributed by atoms with E-state index in [9.17, 15) is 8.42 Å². The lowest BCUT2D eigenvalue weighted by Crippen LogP contribution is -2.07. The largest absolute Gasteiger partial charge is 0.508 e. The Morgan fingerprint density at radius 1 is 1.19 bits per heavy atom. The van der Waals surface area contributed by atoms with Gasteiger partial charge in [-0.3, -0.25) is 4.18 Å². The maximum Gasteiger partial charge on any atom is 0.296 e. The molecule has 0 saturated heterocycles. The Morgan fingerprint density at radius 3 is 2.38 bits per heavy atom. The van der Waals surface area contributed by atoms with E-state index in [1.807, 2.05) is 6.92 Å². The monoisotopic (exact) mass is 244 g/mol. The molecule has 0 spiro atoms. The van der Waals surface area contributed by atoms with Crippen LogP contribution in [-0.4, -0.2) is 20.1 Å². The standard InChI is InChI=1S/C11H16O4S/c1-2-3-4-9-15-16(13,14)11-7-5-10(12)6-8-11/h5-8,12H,2-4,9H2,1H3. The fourth-order valence-corrected chi connectivity index (χ4v) is 2.14. The highest BCUT2D eigenvalue weighted by molar-refractivity contribution is 7.86. The van der Waals surface area contributed by atoms with Crippen LogP contribution in [0, 0.1) is 0 Å². The Labute approximate surface area is 96.0 Å². The summed E-state index contributed by atoms with van der Waals surface area (Å²) < 4.78 is 28.1. The predicted octanol–water partition coefficient (Wildman–Crippen LogP) is 2.29. The van der Waals surface area contributed by atoms with Crippen LogP contribution in [0.25, 0.3) is 0 Å². The number of phenols is 1. The molecule has 0 saturated carbocycles. The zero-order chi connectivity index (χ0) is 12.0. The van der Waals surface area contributed by atoms with E-state index >= 15 is 0 Å². The zero-order valence-electron chi connectivity index (χ0n) is 9.22. The van der Waals surface area contributed by atoms with Crippen LogP contribution in [-0.2, 0) is 14.3 Å². The minimum atomic E-state index is -3.67. The molecular formula is C11H16O4S. The van der Waals surface area contributed by atoms with Gasteiger partial charge in [-0.2, -0.15) is 8.42 Å². The highest BCUT2D eigenvalue weighted by Crippen LogP contribution is 2.16. The van der Waals surface area contributed by atoms with Crippen molar-refractivity contribution < 1.29 is 17.7 Å². The maximum atomic E-state index is 11.6. The van der Waals surface area contributed by atoms with E-state index in [1.54, 1.807) is 0 Å². The molecule has 1 N–H and O–H groups in total. The SMILES string of the molecule is CCCCCOS(=O)(=O)c1ccc(O)cc1. The van der Waals surface area contributed by atoms with E-state index < -0.39 is 10.1 Å². The van der Waals surface area contributed by atoms with E-state index in [1.165, 1.54) is 24.3 Å². The van der Waals surface area contributed by atoms with Gasteiger partial charge in [-0.25, -0.2) is 0 Å². The van der Waals surface area contributed by atoms with Crippen LogP contribution in [0.5, 0.6) is 5.75 Å². The summed E-state index contributed by atoms with van der Waals surface area (Å²) in [6, 6.07) is 5.29. The van der Waals surface area contributed by atoms with Crippen molar-refractivity contribution in [3.63, 3.8) is 0 Å². The average Bonchev–Trinajstić information content (AvgIpc) is 2.25. The van der Waals surface area contributed by atoms with Crippen molar-refractivity contribution in [2.75, 3.05) is 6.61 Å². The highest BCUT2D eigenvalue weighted by Gasteiger charge is 2.14. The van der Waals surface area contributed by atoms with Crippen LogP contribution < -0.4 is 0 Å². The second-order valence-electron chi connectivity index (χ2n) is 3.48. The number of rotatable bonds is 6. The van der Waals surface area contributed by atoms with Gasteiger partial charge >= 0.3 is 0 Å². The molecule has 0 atom stereocenters. The molecule has 0 aliphatic heterocycles. The summed E-state index contributed by atoms with van der Waals surface area (Å²) in [4.78, 5) is 0.0711. The van der Waals surface area contributed by atoms with Crippen molar-refractivity contribution >= 4 is 10.1 Å². The molecule has 90 valence electrons. The Morgan fingerprint density at radius 2 is 1.81 bits per heavy atom. The molecule has 16 heavy (non-hydrogen) atoms. The van der Waals surface area contributed by atoms with Gasteiger partial charge in [0, 0.05) is 0 Å². The third kappa shape index (κ3) is 3.83. The Hall–Kier alpha value is -1.07. The van der Waals surface area contributed by atoms with Crippen molar-refractivity contribution in [1.29, 1.82) is 0 Å². The van der Waals surface area contributed by atoms with Gasteiger partial charge in [0.05, 0.1) is 11.5 Å². The molecule has 0 aromatic heterocycles. The third-order valence-corrected chi connectivity index (χ3v) is 3.44. The van der Waals surface area contributed by atoms with Crippen LogP contribution in [0.4, 0.5) is 0 Å². The molecular weight excluding hydrogens is 228 g/mol. The normalized spacial score (nSPS) is 11.6. The third-order valence-electron chi connectivity index (χ3n) is 2.11. The maximum absolute atomic E-state index is 11.6. The Kier molecular flexibility index (Phi) is 4.76. The van der Waals surface area contributed by atoms with E-state index in [0.717, 1.165) is 19.3 Å². The van der Waals surface area contributed by atoms with Gasteiger partial charge in [-0.15, -0.1) is 0 Å². The molecule has 0 unspecified atom stereocenters. The van der Waals surface area contributed by atoms with Gasteiger partial charge < -0.3 is 5.11 Å². The molecule has 0 aliphatic carbocycles. The van der Waals surface area contributed by atoms with Crippen molar-refractivity contribution in [3.8, 4) is 5.75 Å². The van der Waals surface area contributed by atoms with Gasteiger partial charge in [0.2, 0.25) is 0 Å². The molecule has 0 radical (unpaired) electrons. The zero-order valence-corrected chi connectivity index (χ0v) is 10.0. The van der Waals surface area contributed by atoms with Crippen LogP contribution in [0.3, 0.4) is 0 Å². The molecule has 0 fully saturated rings. The molecule has 0 amide bonds. The number of hydrogen-bond donors (Lipinski definition) is 1. The van der Waals surface area contributed by atoms with Gasteiger partial charge in [-0.05, 0) is 30.7 Å². The van der Waals surface area contributed by atoms with Crippen molar-refractivity contribution in [1.82, 2.24) is 0 Å². The summed E-state index contributed by atoms with van der Waals surface area (Å²) in [6.45, 7) is 2.24. The molecule has 1 rings (SSSR count). The second-order valence-corrected chi connectivity index (χ2v) is 5.09. The van der Waals surface area contributed by atoms with E-state index in [0.29, 0.717) is 0 Å². The van der Waals surface area contributed by atoms with Gasteiger partial charge in [-0.1, -0.05) is 19.8 Å². The first-order valence-corrected chi connectivity index (χ1v) is 6.65. The predicted molar refractivity (Wildman–Crippen MR) is 60.8 cm³/mol. The fourth-order valence-electron chi connectivity index (χ4n) is 1.20. The fraction of sp³-hybridized carbons (Fsp3) is 0.455. The summed E-state index contributed by atoms with van der Waals surface area (Å²) in [5.74, 6) is 0.0323. The number of aromatic hydroxyl groups is 1. The molecule has 0 bridgehead atoms. The molecule has 5 heteroatoms. The molecule has 0 heterocycles. The Bertz CT molecular complexity index is 408. The van der Waals surface area contributed by atoms with Crippen LogP contribution in [0.1, 0.15) is 26.2 Å². The number of benzene rings is 1. The first kappa shape index (κ1) is 13.0. The number of unbranched alkanes of at least 4 members (excludes halogenated alkanes) is 2. The minimum absolute atomic E-state index is 0.0323. The van der Waals surface area contributed by atoms with Crippen LogP contribution in [0.2, 0.25) is 0 Å². The first-order chi connectivity index (χ1) is 7.56. The van der Waals surface area contributed by atoms with Crippen molar-refractivity contribution in [2.45, 2.75) is 31.1 Å². The molecule has 1 aromatic carbocycles. The minimum Gasteiger partial charge on any atom is -0.508 e.